The molecule has 0 saturated carbocycles. The number of hydrogen-bond donors (Lipinski definition) is 1. The minimum atomic E-state index is -5.40. The van der Waals surface area contributed by atoms with Crippen molar-refractivity contribution in [3.05, 3.63) is 0 Å². The molecule has 6 heteroatoms. The first-order chi connectivity index (χ1) is 8.33. The molecular formula is C12H20F5N. The van der Waals surface area contributed by atoms with Crippen molar-refractivity contribution in [2.75, 3.05) is 6.54 Å². The molecule has 0 bridgehead atoms. The highest BCUT2D eigenvalue weighted by Crippen LogP contribution is 2.39. The summed E-state index contributed by atoms with van der Waals surface area (Å²) in [6.45, 7) is 1.03. The van der Waals surface area contributed by atoms with E-state index in [9.17, 15) is 22.0 Å². The molecule has 0 aliphatic carbocycles. The van der Waals surface area contributed by atoms with Gasteiger partial charge in [0.1, 0.15) is 0 Å². The molecule has 1 fully saturated rings. The quantitative estimate of drug-likeness (QED) is 0.539. The largest absolute Gasteiger partial charge is 0.453 e. The van der Waals surface area contributed by atoms with Crippen LogP contribution < -0.4 is 5.32 Å². The summed E-state index contributed by atoms with van der Waals surface area (Å²) in [6, 6.07) is 0.515. The van der Waals surface area contributed by atoms with Crippen LogP contribution in [0.5, 0.6) is 0 Å². The lowest BCUT2D eigenvalue weighted by molar-refractivity contribution is -0.284. The summed E-state index contributed by atoms with van der Waals surface area (Å²) in [5.74, 6) is -4.53. The van der Waals surface area contributed by atoms with Crippen molar-refractivity contribution in [2.24, 2.45) is 0 Å². The highest BCUT2D eigenvalue weighted by Gasteiger charge is 2.56. The maximum absolute atomic E-state index is 12.6. The van der Waals surface area contributed by atoms with Gasteiger partial charge in [-0.2, -0.15) is 22.0 Å². The molecule has 1 atom stereocenters. The lowest BCUT2D eigenvalue weighted by Gasteiger charge is -2.19. The molecule has 1 unspecified atom stereocenters. The fraction of sp³-hybridized carbons (Fsp3) is 1.00. The van der Waals surface area contributed by atoms with Crippen LogP contribution in [-0.4, -0.2) is 24.7 Å². The SMILES string of the molecule is FC(F)(F)C(F)(F)CCCCCCC1CCCN1. The van der Waals surface area contributed by atoms with Crippen LogP contribution in [-0.2, 0) is 0 Å². The Morgan fingerprint density at radius 1 is 0.944 bits per heavy atom. The molecule has 1 N–H and O–H groups in total. The van der Waals surface area contributed by atoms with Gasteiger partial charge < -0.3 is 5.32 Å². The van der Waals surface area contributed by atoms with Gasteiger partial charge in [0.15, 0.2) is 0 Å². The van der Waals surface area contributed by atoms with Crippen LogP contribution in [0.1, 0.15) is 51.4 Å². The standard InChI is InChI=1S/C12H20F5N/c13-11(14,12(15,16)17)8-4-2-1-3-6-10-7-5-9-18-10/h10,18H,1-9H2. The van der Waals surface area contributed by atoms with Crippen molar-refractivity contribution >= 4 is 0 Å². The smallest absolute Gasteiger partial charge is 0.314 e. The van der Waals surface area contributed by atoms with Gasteiger partial charge in [-0.15, -0.1) is 0 Å². The van der Waals surface area contributed by atoms with Crippen LogP contribution in [0.4, 0.5) is 22.0 Å². The van der Waals surface area contributed by atoms with E-state index < -0.39 is 18.5 Å². The Morgan fingerprint density at radius 2 is 1.61 bits per heavy atom. The van der Waals surface area contributed by atoms with Crippen LogP contribution in [0, 0.1) is 0 Å². The maximum atomic E-state index is 12.6. The highest BCUT2D eigenvalue weighted by molar-refractivity contribution is 4.76. The number of halogens is 5. The van der Waals surface area contributed by atoms with Crippen molar-refractivity contribution in [2.45, 2.75) is 69.5 Å². The van der Waals surface area contributed by atoms with E-state index in [1.807, 2.05) is 0 Å². The van der Waals surface area contributed by atoms with Crippen LogP contribution in [0.15, 0.2) is 0 Å². The van der Waals surface area contributed by atoms with Crippen LogP contribution in [0.2, 0.25) is 0 Å². The van der Waals surface area contributed by atoms with E-state index in [1.54, 1.807) is 0 Å². The van der Waals surface area contributed by atoms with Gasteiger partial charge in [-0.25, -0.2) is 0 Å². The maximum Gasteiger partial charge on any atom is 0.453 e. The summed E-state index contributed by atoms with van der Waals surface area (Å²) in [6.07, 6.45) is -1.17. The van der Waals surface area contributed by atoms with Gasteiger partial charge in [0.2, 0.25) is 0 Å². The molecule has 1 aliphatic heterocycles. The molecule has 1 saturated heterocycles. The van der Waals surface area contributed by atoms with Gasteiger partial charge in [-0.05, 0) is 32.2 Å². The minimum absolute atomic E-state index is 0.0649. The third-order valence-electron chi connectivity index (χ3n) is 3.37. The zero-order valence-corrected chi connectivity index (χ0v) is 10.3. The lowest BCUT2D eigenvalue weighted by atomic mass is 10.0. The van der Waals surface area contributed by atoms with Crippen molar-refractivity contribution in [1.82, 2.24) is 5.32 Å². The Morgan fingerprint density at radius 3 is 2.17 bits per heavy atom. The van der Waals surface area contributed by atoms with Gasteiger partial charge in [-0.3, -0.25) is 0 Å². The van der Waals surface area contributed by atoms with E-state index in [-0.39, 0.29) is 6.42 Å². The van der Waals surface area contributed by atoms with Crippen LogP contribution >= 0.6 is 0 Å². The Bertz CT molecular complexity index is 233. The van der Waals surface area contributed by atoms with Crippen LogP contribution in [0.25, 0.3) is 0 Å². The van der Waals surface area contributed by atoms with E-state index >= 15 is 0 Å². The molecule has 0 aromatic heterocycles. The number of rotatable bonds is 7. The Balaban J connectivity index is 2.01. The second kappa shape index (κ2) is 6.68. The van der Waals surface area contributed by atoms with Crippen molar-refractivity contribution < 1.29 is 22.0 Å². The molecule has 1 nitrogen and oxygen atoms in total. The molecule has 0 radical (unpaired) electrons. The van der Waals surface area contributed by atoms with E-state index in [0.717, 1.165) is 32.2 Å². The molecular weight excluding hydrogens is 253 g/mol. The van der Waals surface area contributed by atoms with Gasteiger partial charge in [0, 0.05) is 12.5 Å². The predicted octanol–water partition coefficient (Wildman–Crippen LogP) is 4.28. The molecule has 18 heavy (non-hydrogen) atoms. The first-order valence-corrected chi connectivity index (χ1v) is 6.51. The number of unbranched alkanes of at least 4 members (excludes halogenated alkanes) is 3. The molecule has 1 aliphatic rings. The molecule has 1 rings (SSSR count). The van der Waals surface area contributed by atoms with Crippen molar-refractivity contribution in [3.8, 4) is 0 Å². The van der Waals surface area contributed by atoms with Gasteiger partial charge >= 0.3 is 12.1 Å². The first kappa shape index (κ1) is 15.7. The van der Waals surface area contributed by atoms with E-state index in [0.29, 0.717) is 12.5 Å². The van der Waals surface area contributed by atoms with E-state index in [2.05, 4.69) is 5.32 Å². The number of alkyl halides is 5. The molecule has 108 valence electrons. The van der Waals surface area contributed by atoms with Gasteiger partial charge in [-0.1, -0.05) is 19.3 Å². The Labute approximate surface area is 104 Å². The van der Waals surface area contributed by atoms with E-state index in [1.165, 1.54) is 6.42 Å². The third kappa shape index (κ3) is 5.08. The van der Waals surface area contributed by atoms with Crippen molar-refractivity contribution in [3.63, 3.8) is 0 Å². The monoisotopic (exact) mass is 273 g/mol. The summed E-state index contributed by atoms with van der Waals surface area (Å²) in [4.78, 5) is 0. The second-order valence-corrected chi connectivity index (χ2v) is 4.95. The molecule has 1 heterocycles. The fourth-order valence-electron chi connectivity index (χ4n) is 2.24. The molecule has 0 aromatic carbocycles. The second-order valence-electron chi connectivity index (χ2n) is 4.95. The van der Waals surface area contributed by atoms with Gasteiger partial charge in [0.05, 0.1) is 0 Å². The summed E-state index contributed by atoms with van der Waals surface area (Å²) in [7, 11) is 0. The van der Waals surface area contributed by atoms with Gasteiger partial charge in [0.25, 0.3) is 0 Å². The fourth-order valence-corrected chi connectivity index (χ4v) is 2.24. The summed E-state index contributed by atoms with van der Waals surface area (Å²) >= 11 is 0. The normalized spacial score (nSPS) is 21.5. The summed E-state index contributed by atoms with van der Waals surface area (Å²) in [5, 5.41) is 3.32. The average molecular weight is 273 g/mol. The summed E-state index contributed by atoms with van der Waals surface area (Å²) < 4.78 is 60.7. The molecule has 0 amide bonds. The minimum Gasteiger partial charge on any atom is -0.314 e. The van der Waals surface area contributed by atoms with Crippen molar-refractivity contribution in [1.29, 1.82) is 0 Å². The van der Waals surface area contributed by atoms with Crippen LogP contribution in [0.3, 0.4) is 0 Å². The third-order valence-corrected chi connectivity index (χ3v) is 3.37. The highest BCUT2D eigenvalue weighted by atomic mass is 19.4. The number of nitrogens with one attached hydrogen (secondary N) is 1. The zero-order valence-electron chi connectivity index (χ0n) is 10.3. The molecule has 0 aromatic rings. The Kier molecular flexibility index (Phi) is 5.82. The van der Waals surface area contributed by atoms with E-state index in [4.69, 9.17) is 0 Å². The average Bonchev–Trinajstić information content (AvgIpc) is 2.74. The topological polar surface area (TPSA) is 12.0 Å². The summed E-state index contributed by atoms with van der Waals surface area (Å²) in [5.41, 5.74) is 0. The first-order valence-electron chi connectivity index (χ1n) is 6.51. The predicted molar refractivity (Wildman–Crippen MR) is 59.7 cm³/mol. The lowest BCUT2D eigenvalue weighted by Crippen LogP contribution is -2.36. The Hall–Kier alpha value is -0.390. The zero-order chi connectivity index (χ0) is 13.6. The molecule has 0 spiro atoms. The number of hydrogen-bond acceptors (Lipinski definition) is 1.